The Labute approximate surface area is 196 Å². The number of rotatable bonds is 6. The van der Waals surface area contributed by atoms with Gasteiger partial charge in [-0.25, -0.2) is 14.2 Å². The number of carbonyl (C=O) groups is 3. The van der Waals surface area contributed by atoms with E-state index in [0.29, 0.717) is 5.56 Å². The molecule has 0 saturated heterocycles. The summed E-state index contributed by atoms with van der Waals surface area (Å²) in [5.74, 6) is -2.15. The van der Waals surface area contributed by atoms with Crippen LogP contribution in [0, 0.1) is 12.7 Å². The lowest BCUT2D eigenvalue weighted by molar-refractivity contribution is -0.133. The fourth-order valence-electron chi connectivity index (χ4n) is 4.08. The molecule has 2 amide bonds. The maximum Gasteiger partial charge on any atom is 0.359 e. The molecule has 1 aliphatic heterocycles. The number of nitrogens with zero attached hydrogens (tertiary/aromatic N) is 3. The molecule has 1 aliphatic rings. The number of aryl methyl sites for hydroxylation is 1. The lowest BCUT2D eigenvalue weighted by Gasteiger charge is -2.43. The molecular weight excluding hydrogens is 439 g/mol. The predicted molar refractivity (Wildman–Crippen MR) is 121 cm³/mol. The Bertz CT molecular complexity index is 1250. The molecular formula is C25H25FN4O4. The van der Waals surface area contributed by atoms with Crippen molar-refractivity contribution in [2.24, 2.45) is 0 Å². The summed E-state index contributed by atoms with van der Waals surface area (Å²) in [5, 5.41) is 2.92. The number of methoxy groups -OCH3 is 1. The number of esters is 1. The Hall–Kier alpha value is -4.01. The third-order valence-corrected chi connectivity index (χ3v) is 6.03. The summed E-state index contributed by atoms with van der Waals surface area (Å²) in [4.78, 5) is 44.7. The van der Waals surface area contributed by atoms with Gasteiger partial charge in [0.2, 0.25) is 5.91 Å². The molecule has 0 bridgehead atoms. The third kappa shape index (κ3) is 4.28. The Balaban J connectivity index is 1.69. The highest BCUT2D eigenvalue weighted by molar-refractivity contribution is 6.06. The molecule has 9 heteroatoms. The van der Waals surface area contributed by atoms with E-state index < -0.39 is 23.2 Å². The minimum atomic E-state index is -1.32. The van der Waals surface area contributed by atoms with Crippen LogP contribution in [0.25, 0.3) is 0 Å². The smallest absolute Gasteiger partial charge is 0.359 e. The predicted octanol–water partition coefficient (Wildman–Crippen LogP) is 2.85. The van der Waals surface area contributed by atoms with Gasteiger partial charge in [0.05, 0.1) is 20.0 Å². The van der Waals surface area contributed by atoms with Gasteiger partial charge in [0.1, 0.15) is 17.1 Å². The van der Waals surface area contributed by atoms with E-state index in [1.54, 1.807) is 13.0 Å². The van der Waals surface area contributed by atoms with E-state index >= 15 is 0 Å². The molecule has 1 atom stereocenters. The lowest BCUT2D eigenvalue weighted by atomic mass is 9.93. The Morgan fingerprint density at radius 1 is 1.18 bits per heavy atom. The number of carbonyl (C=O) groups excluding carboxylic acids is 3. The zero-order valence-corrected chi connectivity index (χ0v) is 19.2. The molecule has 1 aromatic heterocycles. The fraction of sp³-hybridized carbons (Fsp3) is 0.280. The molecule has 0 radical (unpaired) electrons. The van der Waals surface area contributed by atoms with Crippen LogP contribution in [0.3, 0.4) is 0 Å². The summed E-state index contributed by atoms with van der Waals surface area (Å²) in [5.41, 5.74) is 1.12. The van der Waals surface area contributed by atoms with Crippen LogP contribution >= 0.6 is 0 Å². The summed E-state index contributed by atoms with van der Waals surface area (Å²) in [6.07, 6.45) is 1.35. The van der Waals surface area contributed by atoms with Crippen LogP contribution in [0.15, 0.2) is 54.9 Å². The van der Waals surface area contributed by atoms with Gasteiger partial charge < -0.3 is 19.5 Å². The van der Waals surface area contributed by atoms with Gasteiger partial charge in [-0.1, -0.05) is 42.0 Å². The fourth-order valence-corrected chi connectivity index (χ4v) is 4.08. The van der Waals surface area contributed by atoms with E-state index in [1.165, 1.54) is 41.1 Å². The number of aromatic nitrogens is 2. The van der Waals surface area contributed by atoms with Crippen LogP contribution in [0.1, 0.15) is 44.6 Å². The second-order valence-corrected chi connectivity index (χ2v) is 8.52. The van der Waals surface area contributed by atoms with E-state index in [0.717, 1.165) is 11.1 Å². The number of halogens is 1. The highest BCUT2D eigenvalue weighted by atomic mass is 19.1. The summed E-state index contributed by atoms with van der Waals surface area (Å²) >= 11 is 0. The average Bonchev–Trinajstić information content (AvgIpc) is 3.24. The van der Waals surface area contributed by atoms with Crippen molar-refractivity contribution in [1.29, 1.82) is 0 Å². The van der Waals surface area contributed by atoms with Crippen molar-refractivity contribution in [3.63, 3.8) is 0 Å². The van der Waals surface area contributed by atoms with Gasteiger partial charge in [-0.05, 0) is 37.1 Å². The largest absolute Gasteiger partial charge is 0.464 e. The molecule has 0 unspecified atom stereocenters. The van der Waals surface area contributed by atoms with E-state index in [4.69, 9.17) is 4.74 Å². The summed E-state index contributed by atoms with van der Waals surface area (Å²) < 4.78 is 20.1. The number of amides is 2. The molecule has 0 aliphatic carbocycles. The highest BCUT2D eigenvalue weighted by Crippen LogP contribution is 2.31. The first-order valence-electron chi connectivity index (χ1n) is 10.8. The lowest BCUT2D eigenvalue weighted by Crippen LogP contribution is -2.63. The highest BCUT2D eigenvalue weighted by Gasteiger charge is 2.48. The minimum absolute atomic E-state index is 0.0309. The Morgan fingerprint density at radius 3 is 2.59 bits per heavy atom. The molecule has 1 N–H and O–H groups in total. The van der Waals surface area contributed by atoms with E-state index in [9.17, 15) is 18.8 Å². The number of fused-ring (bicyclic) bond motifs is 1. The molecule has 2 heterocycles. The van der Waals surface area contributed by atoms with Crippen molar-refractivity contribution < 1.29 is 23.5 Å². The van der Waals surface area contributed by atoms with Crippen molar-refractivity contribution in [2.45, 2.75) is 39.0 Å². The standard InChI is InChI=1S/C25H25FN4O4/c1-16-7-9-17(10-8-16)12-27-24(33)25(2)14-29-15-28-20(23(32)34-3)21(29)22(31)30(25)13-18-5-4-6-19(26)11-18/h4-11,15H,12-14H2,1-3H3,(H,27,33)/t25-/m1/s1. The van der Waals surface area contributed by atoms with E-state index in [2.05, 4.69) is 10.3 Å². The van der Waals surface area contributed by atoms with Crippen LogP contribution < -0.4 is 5.32 Å². The molecule has 0 saturated carbocycles. The van der Waals surface area contributed by atoms with Gasteiger partial charge in [0.25, 0.3) is 5.91 Å². The molecule has 8 nitrogen and oxygen atoms in total. The normalized spacial score (nSPS) is 17.3. The molecule has 0 fully saturated rings. The number of hydrogen-bond acceptors (Lipinski definition) is 5. The maximum atomic E-state index is 13.9. The number of ether oxygens (including phenoxy) is 1. The monoisotopic (exact) mass is 464 g/mol. The van der Waals surface area contributed by atoms with Gasteiger partial charge >= 0.3 is 5.97 Å². The van der Waals surface area contributed by atoms with Gasteiger partial charge in [-0.3, -0.25) is 9.59 Å². The summed E-state index contributed by atoms with van der Waals surface area (Å²) in [6.45, 7) is 3.94. The SMILES string of the molecule is COC(=O)c1ncn2c1C(=O)N(Cc1cccc(F)c1)[C@@](C)(C(=O)NCc1ccc(C)cc1)C2. The second kappa shape index (κ2) is 9.09. The second-order valence-electron chi connectivity index (χ2n) is 8.52. The third-order valence-electron chi connectivity index (χ3n) is 6.03. The van der Waals surface area contributed by atoms with Crippen molar-refractivity contribution in [3.05, 3.63) is 88.8 Å². The van der Waals surface area contributed by atoms with Crippen LogP contribution in [-0.2, 0) is 29.2 Å². The first-order chi connectivity index (χ1) is 16.2. The number of nitrogens with one attached hydrogen (secondary N) is 1. The van der Waals surface area contributed by atoms with Crippen molar-refractivity contribution in [3.8, 4) is 0 Å². The summed E-state index contributed by atoms with van der Waals surface area (Å²) in [7, 11) is 1.20. The Morgan fingerprint density at radius 2 is 1.91 bits per heavy atom. The van der Waals surface area contributed by atoms with Crippen molar-refractivity contribution >= 4 is 17.8 Å². The number of hydrogen-bond donors (Lipinski definition) is 1. The van der Waals surface area contributed by atoms with E-state index in [1.807, 2.05) is 31.2 Å². The topological polar surface area (TPSA) is 93.5 Å². The van der Waals surface area contributed by atoms with Crippen molar-refractivity contribution in [1.82, 2.24) is 19.8 Å². The molecule has 3 aromatic rings. The molecule has 34 heavy (non-hydrogen) atoms. The van der Waals surface area contributed by atoms with E-state index in [-0.39, 0.29) is 36.9 Å². The zero-order valence-electron chi connectivity index (χ0n) is 19.2. The molecule has 4 rings (SSSR count). The number of benzene rings is 2. The first kappa shape index (κ1) is 23.2. The van der Waals surface area contributed by atoms with Gasteiger partial charge in [0.15, 0.2) is 5.69 Å². The molecule has 176 valence electrons. The van der Waals surface area contributed by atoms with Crippen molar-refractivity contribution in [2.75, 3.05) is 7.11 Å². The average molecular weight is 464 g/mol. The van der Waals surface area contributed by atoms with Crippen LogP contribution in [-0.4, -0.2) is 44.9 Å². The quantitative estimate of drug-likeness (QED) is 0.567. The minimum Gasteiger partial charge on any atom is -0.464 e. The van der Waals surface area contributed by atoms with Gasteiger partial charge in [0, 0.05) is 13.1 Å². The molecule has 0 spiro atoms. The van der Waals surface area contributed by atoms with Crippen LogP contribution in [0.5, 0.6) is 0 Å². The van der Waals surface area contributed by atoms with Gasteiger partial charge in [-0.2, -0.15) is 0 Å². The molecule has 2 aromatic carbocycles. The zero-order chi connectivity index (χ0) is 24.5. The van der Waals surface area contributed by atoms with Gasteiger partial charge in [-0.15, -0.1) is 0 Å². The Kier molecular flexibility index (Phi) is 6.19. The van der Waals surface area contributed by atoms with Crippen LogP contribution in [0.2, 0.25) is 0 Å². The van der Waals surface area contributed by atoms with Crippen LogP contribution in [0.4, 0.5) is 4.39 Å². The maximum absolute atomic E-state index is 13.9. The first-order valence-corrected chi connectivity index (χ1v) is 10.8. The number of imidazole rings is 1. The summed E-state index contributed by atoms with van der Waals surface area (Å²) in [6, 6.07) is 13.6.